The van der Waals surface area contributed by atoms with Gasteiger partial charge in [-0.3, -0.25) is 4.90 Å². The third-order valence-corrected chi connectivity index (χ3v) is 3.70. The third-order valence-electron chi connectivity index (χ3n) is 3.70. The minimum Gasteiger partial charge on any atom is -0.329 e. The van der Waals surface area contributed by atoms with Crippen LogP contribution in [0.25, 0.3) is 0 Å². The van der Waals surface area contributed by atoms with Gasteiger partial charge in [-0.15, -0.1) is 0 Å². The zero-order valence-electron chi connectivity index (χ0n) is 14.1. The lowest BCUT2D eigenvalue weighted by atomic mass is 9.98. The maximum atomic E-state index is 13.6. The molecule has 1 unspecified atom stereocenters. The van der Waals surface area contributed by atoms with Crippen molar-refractivity contribution in [3.63, 3.8) is 0 Å². The molecule has 0 radical (unpaired) electrons. The molecular formula is C17H30FN3. The molecule has 1 aromatic carbocycles. The van der Waals surface area contributed by atoms with Crippen molar-refractivity contribution < 1.29 is 4.39 Å². The van der Waals surface area contributed by atoms with Crippen LogP contribution >= 0.6 is 0 Å². The molecule has 2 N–H and O–H groups in total. The Kier molecular flexibility index (Phi) is 7.29. The Morgan fingerprint density at radius 2 is 1.86 bits per heavy atom. The minimum absolute atomic E-state index is 0.0723. The highest BCUT2D eigenvalue weighted by Crippen LogP contribution is 2.24. The van der Waals surface area contributed by atoms with E-state index in [1.54, 1.807) is 6.07 Å². The van der Waals surface area contributed by atoms with E-state index in [1.165, 1.54) is 6.07 Å². The largest absolute Gasteiger partial charge is 0.329 e. The van der Waals surface area contributed by atoms with Crippen molar-refractivity contribution in [2.75, 3.05) is 40.3 Å². The van der Waals surface area contributed by atoms with Crippen molar-refractivity contribution in [1.82, 2.24) is 9.80 Å². The predicted molar refractivity (Wildman–Crippen MR) is 87.9 cm³/mol. The summed E-state index contributed by atoms with van der Waals surface area (Å²) in [5, 5.41) is 0. The molecular weight excluding hydrogens is 265 g/mol. The number of hydrogen-bond donors (Lipinski definition) is 1. The highest BCUT2D eigenvalue weighted by Gasteiger charge is 2.22. The number of hydrogen-bond acceptors (Lipinski definition) is 3. The van der Waals surface area contributed by atoms with Crippen LogP contribution in [0.5, 0.6) is 0 Å². The summed E-state index contributed by atoms with van der Waals surface area (Å²) < 4.78 is 13.6. The number of aryl methyl sites for hydroxylation is 1. The first-order valence-corrected chi connectivity index (χ1v) is 7.70. The van der Waals surface area contributed by atoms with Gasteiger partial charge in [0.2, 0.25) is 0 Å². The van der Waals surface area contributed by atoms with Crippen molar-refractivity contribution in [3.05, 3.63) is 35.1 Å². The molecule has 4 heteroatoms. The summed E-state index contributed by atoms with van der Waals surface area (Å²) in [6.07, 6.45) is 0. The zero-order chi connectivity index (χ0) is 16.0. The van der Waals surface area contributed by atoms with E-state index in [-0.39, 0.29) is 11.9 Å². The quantitative estimate of drug-likeness (QED) is 0.800. The van der Waals surface area contributed by atoms with E-state index < -0.39 is 0 Å². The van der Waals surface area contributed by atoms with Crippen LogP contribution in [0, 0.1) is 18.7 Å². The Balaban J connectivity index is 3.01. The van der Waals surface area contributed by atoms with Gasteiger partial charge in [0.05, 0.1) is 0 Å². The minimum atomic E-state index is -0.189. The maximum absolute atomic E-state index is 13.6. The van der Waals surface area contributed by atoms with E-state index in [1.807, 2.05) is 13.0 Å². The molecule has 1 atom stereocenters. The third kappa shape index (κ3) is 5.73. The van der Waals surface area contributed by atoms with Crippen LogP contribution in [0.2, 0.25) is 0 Å². The van der Waals surface area contributed by atoms with E-state index in [9.17, 15) is 4.39 Å². The first kappa shape index (κ1) is 18.1. The monoisotopic (exact) mass is 295 g/mol. The van der Waals surface area contributed by atoms with Gasteiger partial charge in [0.25, 0.3) is 0 Å². The van der Waals surface area contributed by atoms with Gasteiger partial charge in [-0.2, -0.15) is 0 Å². The predicted octanol–water partition coefficient (Wildman–Crippen LogP) is 2.65. The lowest BCUT2D eigenvalue weighted by molar-refractivity contribution is 0.163. The average molecular weight is 295 g/mol. The molecule has 0 amide bonds. The normalized spacial score (nSPS) is 13.4. The molecule has 0 bridgehead atoms. The second-order valence-electron chi connectivity index (χ2n) is 6.44. The van der Waals surface area contributed by atoms with E-state index in [4.69, 9.17) is 5.73 Å². The molecule has 120 valence electrons. The van der Waals surface area contributed by atoms with Crippen LogP contribution in [-0.4, -0.2) is 50.1 Å². The molecule has 0 saturated carbocycles. The molecule has 1 rings (SSSR count). The van der Waals surface area contributed by atoms with Crippen LogP contribution in [0.15, 0.2) is 18.2 Å². The Morgan fingerprint density at radius 1 is 1.19 bits per heavy atom. The number of halogens is 1. The van der Waals surface area contributed by atoms with Gasteiger partial charge < -0.3 is 10.6 Å². The lowest BCUT2D eigenvalue weighted by Crippen LogP contribution is -2.40. The summed E-state index contributed by atoms with van der Waals surface area (Å²) in [6.45, 7) is 9.80. The van der Waals surface area contributed by atoms with Crippen molar-refractivity contribution >= 4 is 0 Å². The summed E-state index contributed by atoms with van der Waals surface area (Å²) >= 11 is 0. The van der Waals surface area contributed by atoms with Crippen molar-refractivity contribution in [3.8, 4) is 0 Å². The Bertz CT molecular complexity index is 432. The molecule has 0 aliphatic rings. The molecule has 0 aromatic heterocycles. The fourth-order valence-electron chi connectivity index (χ4n) is 2.61. The van der Waals surface area contributed by atoms with Gasteiger partial charge >= 0.3 is 0 Å². The van der Waals surface area contributed by atoms with Gasteiger partial charge in [-0.05, 0) is 50.2 Å². The second-order valence-corrected chi connectivity index (χ2v) is 6.44. The first-order valence-electron chi connectivity index (χ1n) is 7.70. The molecule has 0 heterocycles. The van der Waals surface area contributed by atoms with Crippen LogP contribution in [-0.2, 0) is 0 Å². The fourth-order valence-corrected chi connectivity index (χ4v) is 2.61. The Morgan fingerprint density at radius 3 is 2.38 bits per heavy atom. The zero-order valence-corrected chi connectivity index (χ0v) is 14.1. The van der Waals surface area contributed by atoms with Crippen LogP contribution < -0.4 is 5.73 Å². The van der Waals surface area contributed by atoms with E-state index >= 15 is 0 Å². The Labute approximate surface area is 128 Å². The van der Waals surface area contributed by atoms with E-state index in [0.29, 0.717) is 12.5 Å². The second kappa shape index (κ2) is 8.47. The van der Waals surface area contributed by atoms with Gasteiger partial charge in [-0.25, -0.2) is 4.39 Å². The van der Waals surface area contributed by atoms with Crippen molar-refractivity contribution in [2.45, 2.75) is 26.8 Å². The van der Waals surface area contributed by atoms with Crippen molar-refractivity contribution in [2.24, 2.45) is 11.7 Å². The van der Waals surface area contributed by atoms with Gasteiger partial charge in [-0.1, -0.05) is 19.9 Å². The summed E-state index contributed by atoms with van der Waals surface area (Å²) in [5.74, 6) is 0.362. The summed E-state index contributed by atoms with van der Waals surface area (Å²) in [4.78, 5) is 4.55. The molecule has 1 aromatic rings. The topological polar surface area (TPSA) is 32.5 Å². The standard InChI is InChI=1S/C17H30FN3/c1-13(2)12-21(9-8-20(4)5)17(11-19)16-10-15(18)7-6-14(16)3/h6-7,10,13,17H,8-9,11-12,19H2,1-5H3. The SMILES string of the molecule is Cc1ccc(F)cc1C(CN)N(CCN(C)C)CC(C)C. The number of likely N-dealkylation sites (N-methyl/N-ethyl adjacent to an activating group) is 1. The molecule has 21 heavy (non-hydrogen) atoms. The highest BCUT2D eigenvalue weighted by molar-refractivity contribution is 5.30. The summed E-state index contributed by atoms with van der Waals surface area (Å²) in [6, 6.07) is 5.06. The highest BCUT2D eigenvalue weighted by atomic mass is 19.1. The average Bonchev–Trinajstić information content (AvgIpc) is 2.39. The molecule has 0 saturated heterocycles. The van der Waals surface area contributed by atoms with E-state index in [0.717, 1.165) is 30.8 Å². The van der Waals surface area contributed by atoms with Gasteiger partial charge in [0.1, 0.15) is 5.82 Å². The number of rotatable bonds is 8. The maximum Gasteiger partial charge on any atom is 0.123 e. The molecule has 3 nitrogen and oxygen atoms in total. The number of nitrogens with zero attached hydrogens (tertiary/aromatic N) is 2. The first-order chi connectivity index (χ1) is 9.85. The van der Waals surface area contributed by atoms with E-state index in [2.05, 4.69) is 37.7 Å². The Hall–Kier alpha value is -0.970. The lowest BCUT2D eigenvalue weighted by Gasteiger charge is -2.34. The molecule has 0 aliphatic carbocycles. The fraction of sp³-hybridized carbons (Fsp3) is 0.647. The smallest absolute Gasteiger partial charge is 0.123 e. The van der Waals surface area contributed by atoms with Gasteiger partial charge in [0.15, 0.2) is 0 Å². The number of nitrogens with two attached hydrogens (primary N) is 1. The molecule has 0 spiro atoms. The summed E-state index contributed by atoms with van der Waals surface area (Å²) in [7, 11) is 4.14. The summed E-state index contributed by atoms with van der Waals surface area (Å²) in [5.41, 5.74) is 8.14. The van der Waals surface area contributed by atoms with Crippen LogP contribution in [0.1, 0.15) is 31.0 Å². The van der Waals surface area contributed by atoms with Crippen LogP contribution in [0.3, 0.4) is 0 Å². The molecule has 0 aliphatic heterocycles. The molecule has 0 fully saturated rings. The number of benzene rings is 1. The van der Waals surface area contributed by atoms with Gasteiger partial charge in [0, 0.05) is 32.2 Å². The van der Waals surface area contributed by atoms with Crippen molar-refractivity contribution in [1.29, 1.82) is 0 Å². The van der Waals surface area contributed by atoms with Crippen LogP contribution in [0.4, 0.5) is 4.39 Å².